The molecule has 0 spiro atoms. The first-order chi connectivity index (χ1) is 40.3. The summed E-state index contributed by atoms with van der Waals surface area (Å²) in [6.45, 7) is 7.32. The van der Waals surface area contributed by atoms with Gasteiger partial charge in [0.05, 0.1) is 33.8 Å². The Balaban J connectivity index is 0.886. The minimum atomic E-state index is -0.0308. The van der Waals surface area contributed by atoms with Crippen molar-refractivity contribution in [3.8, 4) is 84.1 Å². The Kier molecular flexibility index (Phi) is 12.0. The molecular formula is C76H56N4OS. The Morgan fingerprint density at radius 3 is 1.46 bits per heavy atom. The monoisotopic (exact) mass is 1070 g/mol. The second-order valence-electron chi connectivity index (χ2n) is 22.4. The van der Waals surface area contributed by atoms with E-state index in [0.29, 0.717) is 6.67 Å². The summed E-state index contributed by atoms with van der Waals surface area (Å²) in [5, 5.41) is 2.33. The fourth-order valence-electron chi connectivity index (χ4n) is 12.2. The summed E-state index contributed by atoms with van der Waals surface area (Å²) in [5.74, 6) is 2.42. The van der Waals surface area contributed by atoms with E-state index in [1.165, 1.54) is 70.9 Å². The smallest absolute Gasteiger partial charge is 0.137 e. The number of hydrogen-bond acceptors (Lipinski definition) is 5. The largest absolute Gasteiger partial charge is 0.457 e. The van der Waals surface area contributed by atoms with Gasteiger partial charge in [-0.1, -0.05) is 196 Å². The highest BCUT2D eigenvalue weighted by Crippen LogP contribution is 2.59. The minimum Gasteiger partial charge on any atom is -0.457 e. The number of fused-ring (bicyclic) bond motifs is 5. The molecule has 82 heavy (non-hydrogen) atoms. The van der Waals surface area contributed by atoms with E-state index < -0.39 is 0 Å². The van der Waals surface area contributed by atoms with Gasteiger partial charge in [0.25, 0.3) is 0 Å². The van der Waals surface area contributed by atoms with E-state index in [2.05, 4.69) is 302 Å². The highest BCUT2D eigenvalue weighted by molar-refractivity contribution is 7.99. The lowest BCUT2D eigenvalue weighted by atomic mass is 9.88. The van der Waals surface area contributed by atoms with Crippen molar-refractivity contribution in [2.75, 3.05) is 16.5 Å². The molecule has 0 atom stereocenters. The molecule has 4 heterocycles. The van der Waals surface area contributed by atoms with E-state index in [0.717, 1.165) is 73.1 Å². The predicted octanol–water partition coefficient (Wildman–Crippen LogP) is 21.0. The number of ether oxygens (including phenoxy) is 1. The maximum atomic E-state index is 6.99. The number of pyridine rings is 1. The Morgan fingerprint density at radius 2 is 0.878 bits per heavy atom. The number of rotatable bonds is 10. The van der Waals surface area contributed by atoms with Crippen LogP contribution < -0.4 is 14.5 Å². The summed E-state index contributed by atoms with van der Waals surface area (Å²) in [7, 11) is 0. The molecule has 0 fully saturated rings. The first-order valence-corrected chi connectivity index (χ1v) is 28.9. The third kappa shape index (κ3) is 8.80. The maximum absolute atomic E-state index is 6.99. The van der Waals surface area contributed by atoms with Gasteiger partial charge in [-0.05, 0) is 158 Å². The van der Waals surface area contributed by atoms with Gasteiger partial charge in [0.15, 0.2) is 0 Å². The molecule has 0 amide bonds. The second-order valence-corrected chi connectivity index (χ2v) is 23.5. The van der Waals surface area contributed by atoms with E-state index in [-0.39, 0.29) is 5.41 Å². The van der Waals surface area contributed by atoms with Crippen molar-refractivity contribution in [1.82, 2.24) is 9.55 Å². The van der Waals surface area contributed by atoms with Crippen molar-refractivity contribution in [2.45, 2.75) is 36.0 Å². The average Bonchev–Trinajstić information content (AvgIpc) is 4.18. The molecule has 13 aromatic rings. The molecule has 0 saturated carbocycles. The summed E-state index contributed by atoms with van der Waals surface area (Å²) < 4.78 is 9.27. The van der Waals surface area contributed by atoms with Gasteiger partial charge in [-0.15, -0.1) is 0 Å². The lowest BCUT2D eigenvalue weighted by Gasteiger charge is -2.30. The predicted molar refractivity (Wildman–Crippen MR) is 343 cm³/mol. The highest BCUT2D eigenvalue weighted by Gasteiger charge is 2.37. The quantitative estimate of drug-likeness (QED) is 0.136. The van der Waals surface area contributed by atoms with Gasteiger partial charge in [-0.25, -0.2) is 4.98 Å². The zero-order chi connectivity index (χ0) is 54.9. The molecule has 392 valence electrons. The van der Waals surface area contributed by atoms with Crippen LogP contribution in [0.15, 0.2) is 283 Å². The van der Waals surface area contributed by atoms with Gasteiger partial charge in [0.1, 0.15) is 24.0 Å². The molecule has 0 saturated heterocycles. The van der Waals surface area contributed by atoms with Crippen LogP contribution in [-0.2, 0) is 5.41 Å². The summed E-state index contributed by atoms with van der Waals surface area (Å²) in [6.07, 6.45) is 1.93. The SMILES string of the molecule is CC(C)(C)c1ccnc(-n2c3ccccc3c3ccc(Oc4ccc5c(c4)N4CN(c6c(-c7cc(-c8ccccc8)cc(-c8ccccc8)c7)cccc6-c6cc(-c7ccccc7)cc(-c7ccccc7)c6)c6cccc(c64)S5)cc32)c1. The number of para-hydroxylation sites is 3. The van der Waals surface area contributed by atoms with E-state index in [4.69, 9.17) is 9.72 Å². The molecule has 5 nitrogen and oxygen atoms in total. The van der Waals surface area contributed by atoms with Gasteiger partial charge in [-0.2, -0.15) is 0 Å². The summed E-state index contributed by atoms with van der Waals surface area (Å²) in [6, 6.07) is 97.0. The zero-order valence-electron chi connectivity index (χ0n) is 45.8. The van der Waals surface area contributed by atoms with Gasteiger partial charge in [0, 0.05) is 50.0 Å². The summed E-state index contributed by atoms with van der Waals surface area (Å²) in [4.78, 5) is 12.4. The van der Waals surface area contributed by atoms with Crippen LogP contribution in [0.1, 0.15) is 26.3 Å². The molecule has 0 radical (unpaired) electrons. The minimum absolute atomic E-state index is 0.0308. The van der Waals surface area contributed by atoms with Gasteiger partial charge < -0.3 is 14.5 Å². The number of anilines is 4. The van der Waals surface area contributed by atoms with E-state index >= 15 is 0 Å². The maximum Gasteiger partial charge on any atom is 0.137 e. The first-order valence-electron chi connectivity index (χ1n) is 28.1. The molecular weight excluding hydrogens is 1020 g/mol. The van der Waals surface area contributed by atoms with Crippen LogP contribution in [0, 0.1) is 0 Å². The van der Waals surface area contributed by atoms with Gasteiger partial charge in [0.2, 0.25) is 0 Å². The van der Waals surface area contributed by atoms with Crippen molar-refractivity contribution in [1.29, 1.82) is 0 Å². The van der Waals surface area contributed by atoms with Crippen LogP contribution in [0.4, 0.5) is 22.7 Å². The molecule has 0 unspecified atom stereocenters. The van der Waals surface area contributed by atoms with Crippen LogP contribution in [0.5, 0.6) is 11.5 Å². The lowest BCUT2D eigenvalue weighted by Crippen LogP contribution is -2.26. The fourth-order valence-corrected chi connectivity index (χ4v) is 13.3. The van der Waals surface area contributed by atoms with Crippen LogP contribution >= 0.6 is 11.8 Å². The van der Waals surface area contributed by atoms with Crippen molar-refractivity contribution >= 4 is 56.3 Å². The van der Waals surface area contributed by atoms with Crippen molar-refractivity contribution in [2.24, 2.45) is 0 Å². The third-order valence-electron chi connectivity index (χ3n) is 16.2. The van der Waals surface area contributed by atoms with Crippen molar-refractivity contribution < 1.29 is 4.74 Å². The normalized spacial score (nSPS) is 12.7. The van der Waals surface area contributed by atoms with Gasteiger partial charge in [-0.3, -0.25) is 4.57 Å². The third-order valence-corrected chi connectivity index (χ3v) is 17.3. The van der Waals surface area contributed by atoms with Crippen LogP contribution in [0.2, 0.25) is 0 Å². The molecule has 2 aliphatic rings. The summed E-state index contributed by atoms with van der Waals surface area (Å²) in [5.41, 5.74) is 21.9. The zero-order valence-corrected chi connectivity index (χ0v) is 46.6. The van der Waals surface area contributed by atoms with Crippen molar-refractivity contribution in [3.05, 3.63) is 279 Å². The van der Waals surface area contributed by atoms with E-state index in [1.807, 2.05) is 18.0 Å². The lowest BCUT2D eigenvalue weighted by molar-refractivity contribution is 0.483. The van der Waals surface area contributed by atoms with Crippen molar-refractivity contribution in [3.63, 3.8) is 0 Å². The molecule has 11 aromatic carbocycles. The van der Waals surface area contributed by atoms with E-state index in [9.17, 15) is 0 Å². The fraction of sp³-hybridized carbons (Fsp3) is 0.0658. The Hall–Kier alpha value is -9.88. The number of benzene rings is 11. The average molecular weight is 1070 g/mol. The number of hydrogen-bond donors (Lipinski definition) is 0. The molecule has 15 rings (SSSR count). The Morgan fingerprint density at radius 1 is 0.378 bits per heavy atom. The molecule has 0 bridgehead atoms. The standard InChI is InChI=1S/C76H56N4OS/c1-76(2,3)60-38-39-77-73(46-60)80-67-31-17-16-28-65(67)66-36-34-61(47-69(66)80)81-62-35-37-71-70(48-62)79-49-78(68-32-19-33-72(82-71)75(68)79)74-63(58-42-54(50-20-8-4-9-21-50)40-55(43-58)51-22-10-5-11-23-51)29-18-30-64(74)59-44-56(52-24-12-6-13-25-52)41-57(45-59)53-26-14-7-15-27-53/h4-48H,49H2,1-3H3. The first kappa shape index (κ1) is 49.2. The van der Waals surface area contributed by atoms with Crippen LogP contribution in [-0.4, -0.2) is 16.2 Å². The highest BCUT2D eigenvalue weighted by atomic mass is 32.2. The van der Waals surface area contributed by atoms with Crippen LogP contribution in [0.3, 0.4) is 0 Å². The summed E-state index contributed by atoms with van der Waals surface area (Å²) >= 11 is 1.82. The number of aromatic nitrogens is 2. The Bertz CT molecular complexity index is 4330. The number of nitrogens with zero attached hydrogens (tertiary/aromatic N) is 4. The Labute approximate surface area is 483 Å². The molecule has 2 aliphatic heterocycles. The second kappa shape index (κ2) is 20.0. The molecule has 6 heteroatoms. The van der Waals surface area contributed by atoms with Gasteiger partial charge >= 0.3 is 0 Å². The molecule has 2 aromatic heterocycles. The van der Waals surface area contributed by atoms with E-state index in [1.54, 1.807) is 0 Å². The molecule has 0 aliphatic carbocycles. The molecule has 0 N–H and O–H groups in total. The van der Waals surface area contributed by atoms with Crippen LogP contribution in [0.25, 0.3) is 94.4 Å². The topological polar surface area (TPSA) is 33.5 Å².